The molecule has 1 aromatic carbocycles. The summed E-state index contributed by atoms with van der Waals surface area (Å²) in [5.41, 5.74) is 0.326. The highest BCUT2D eigenvalue weighted by Crippen LogP contribution is 2.27. The van der Waals surface area contributed by atoms with E-state index in [0.717, 1.165) is 16.7 Å². The minimum absolute atomic E-state index is 0.267. The van der Waals surface area contributed by atoms with Gasteiger partial charge in [0.05, 0.1) is 24.6 Å². The number of fused-ring (bicyclic) bond motifs is 1. The zero-order valence-electron chi connectivity index (χ0n) is 15.0. The molecule has 0 unspecified atom stereocenters. The maximum atomic E-state index is 11.9. The van der Waals surface area contributed by atoms with Gasteiger partial charge in [-0.2, -0.15) is 0 Å². The lowest BCUT2D eigenvalue weighted by atomic mass is 10.0. The number of hydrogen-bond acceptors (Lipinski definition) is 6. The van der Waals surface area contributed by atoms with Gasteiger partial charge in [-0.15, -0.1) is 0 Å². The van der Waals surface area contributed by atoms with E-state index in [9.17, 15) is 4.79 Å². The molecule has 1 fully saturated rings. The maximum Gasteiger partial charge on any atom is 0.410 e. The van der Waals surface area contributed by atoms with Crippen LogP contribution in [0, 0.1) is 5.92 Å². The molecule has 1 aliphatic rings. The van der Waals surface area contributed by atoms with Crippen molar-refractivity contribution >= 4 is 17.0 Å². The molecule has 3 rings (SSSR count). The molecule has 0 N–H and O–H groups in total. The van der Waals surface area contributed by atoms with Gasteiger partial charge in [-0.05, 0) is 39.0 Å². The normalized spacial score (nSPS) is 15.0. The Bertz CT molecular complexity index is 766. The van der Waals surface area contributed by atoms with E-state index < -0.39 is 5.60 Å². The molecule has 2 aromatic rings. The van der Waals surface area contributed by atoms with E-state index in [4.69, 9.17) is 14.2 Å². The second-order valence-electron chi connectivity index (χ2n) is 7.12. The van der Waals surface area contributed by atoms with Crippen LogP contribution in [0.4, 0.5) is 4.79 Å². The molecule has 1 amide bonds. The number of methoxy groups -OCH3 is 1. The lowest BCUT2D eigenvalue weighted by Gasteiger charge is -2.39. The third-order valence-electron chi connectivity index (χ3n) is 3.87. The summed E-state index contributed by atoms with van der Waals surface area (Å²) in [7, 11) is 1.62. The second-order valence-corrected chi connectivity index (χ2v) is 7.12. The summed E-state index contributed by atoms with van der Waals surface area (Å²) in [6, 6.07) is 5.58. The molecule has 2 heterocycles. The van der Waals surface area contributed by atoms with Crippen LogP contribution in [0.15, 0.2) is 24.5 Å². The zero-order chi connectivity index (χ0) is 18.0. The Morgan fingerprint density at radius 2 is 2.04 bits per heavy atom. The monoisotopic (exact) mass is 345 g/mol. The summed E-state index contributed by atoms with van der Waals surface area (Å²) >= 11 is 0. The molecule has 1 saturated heterocycles. The Hall–Kier alpha value is -2.57. The molecule has 1 aromatic heterocycles. The molecular formula is C18H23N3O4. The highest BCUT2D eigenvalue weighted by molar-refractivity contribution is 5.84. The van der Waals surface area contributed by atoms with Crippen molar-refractivity contribution in [3.63, 3.8) is 0 Å². The number of hydrogen-bond donors (Lipinski definition) is 0. The summed E-state index contributed by atoms with van der Waals surface area (Å²) in [5, 5.41) is 0.810. The first-order chi connectivity index (χ1) is 11.9. The summed E-state index contributed by atoms with van der Waals surface area (Å²) in [6.07, 6.45) is 1.21. The molecular weight excluding hydrogens is 322 g/mol. The van der Waals surface area contributed by atoms with E-state index in [1.54, 1.807) is 12.0 Å². The van der Waals surface area contributed by atoms with E-state index >= 15 is 0 Å². The number of rotatable bonds is 4. The van der Waals surface area contributed by atoms with Crippen molar-refractivity contribution in [3.8, 4) is 11.6 Å². The fourth-order valence-electron chi connectivity index (χ4n) is 2.60. The number of amides is 1. The van der Waals surface area contributed by atoms with E-state index in [2.05, 4.69) is 9.97 Å². The third-order valence-corrected chi connectivity index (χ3v) is 3.87. The fraction of sp³-hybridized carbons (Fsp3) is 0.500. The van der Waals surface area contributed by atoms with Gasteiger partial charge in [0.1, 0.15) is 17.7 Å². The number of benzene rings is 1. The predicted octanol–water partition coefficient (Wildman–Crippen LogP) is 2.88. The number of aromatic nitrogens is 2. The van der Waals surface area contributed by atoms with Crippen LogP contribution < -0.4 is 9.47 Å². The quantitative estimate of drug-likeness (QED) is 0.848. The first-order valence-corrected chi connectivity index (χ1v) is 8.25. The van der Waals surface area contributed by atoms with Crippen molar-refractivity contribution in [1.29, 1.82) is 0 Å². The van der Waals surface area contributed by atoms with E-state index in [-0.39, 0.29) is 12.0 Å². The highest BCUT2D eigenvalue weighted by Gasteiger charge is 2.34. The van der Waals surface area contributed by atoms with Crippen LogP contribution >= 0.6 is 0 Å². The van der Waals surface area contributed by atoms with Crippen molar-refractivity contribution in [2.24, 2.45) is 5.92 Å². The van der Waals surface area contributed by atoms with E-state index in [0.29, 0.717) is 25.6 Å². The molecule has 0 saturated carbocycles. The molecule has 0 aliphatic carbocycles. The molecule has 7 heteroatoms. The standard InChI is InChI=1S/C18H23N3O4/c1-18(2,3)25-17(22)21-8-12(9-21)10-24-16-14-7-13(23-4)5-6-15(14)19-11-20-16/h5-7,11-12H,8-10H2,1-4H3. The lowest BCUT2D eigenvalue weighted by Crippen LogP contribution is -2.53. The number of likely N-dealkylation sites (tertiary alicyclic amines) is 1. The first-order valence-electron chi connectivity index (χ1n) is 8.25. The van der Waals surface area contributed by atoms with Crippen LogP contribution in [-0.2, 0) is 4.74 Å². The molecule has 134 valence electrons. The molecule has 0 spiro atoms. The fourth-order valence-corrected chi connectivity index (χ4v) is 2.60. The Kier molecular flexibility index (Phi) is 4.65. The minimum Gasteiger partial charge on any atom is -0.497 e. The van der Waals surface area contributed by atoms with Crippen LogP contribution in [0.1, 0.15) is 20.8 Å². The average Bonchev–Trinajstić information content (AvgIpc) is 2.51. The van der Waals surface area contributed by atoms with Gasteiger partial charge in [-0.1, -0.05) is 0 Å². The SMILES string of the molecule is COc1ccc2ncnc(OCC3CN(C(=O)OC(C)(C)C)C3)c2c1. The number of carbonyl (C=O) groups excluding carboxylic acids is 1. The Morgan fingerprint density at radius 3 is 2.72 bits per heavy atom. The van der Waals surface area contributed by atoms with Gasteiger partial charge in [-0.3, -0.25) is 0 Å². The smallest absolute Gasteiger partial charge is 0.410 e. The van der Waals surface area contributed by atoms with Gasteiger partial charge in [0.2, 0.25) is 5.88 Å². The third kappa shape index (κ3) is 4.10. The van der Waals surface area contributed by atoms with Crippen LogP contribution in [0.5, 0.6) is 11.6 Å². The van der Waals surface area contributed by atoms with Gasteiger partial charge in [-0.25, -0.2) is 14.8 Å². The number of ether oxygens (including phenoxy) is 3. The van der Waals surface area contributed by atoms with E-state index in [1.807, 2.05) is 39.0 Å². The molecule has 25 heavy (non-hydrogen) atoms. The largest absolute Gasteiger partial charge is 0.497 e. The molecule has 0 radical (unpaired) electrons. The van der Waals surface area contributed by atoms with Crippen LogP contribution in [-0.4, -0.2) is 53.4 Å². The van der Waals surface area contributed by atoms with Gasteiger partial charge < -0.3 is 19.1 Å². The van der Waals surface area contributed by atoms with Crippen LogP contribution in [0.25, 0.3) is 10.9 Å². The van der Waals surface area contributed by atoms with Gasteiger partial charge in [0, 0.05) is 19.0 Å². The van der Waals surface area contributed by atoms with Crippen molar-refractivity contribution in [2.45, 2.75) is 26.4 Å². The zero-order valence-corrected chi connectivity index (χ0v) is 15.0. The Balaban J connectivity index is 1.57. The lowest BCUT2D eigenvalue weighted by molar-refractivity contribution is -0.00798. The minimum atomic E-state index is -0.475. The van der Waals surface area contributed by atoms with E-state index in [1.165, 1.54) is 6.33 Å². The molecule has 1 aliphatic heterocycles. The van der Waals surface area contributed by atoms with Crippen molar-refractivity contribution in [1.82, 2.24) is 14.9 Å². The number of carbonyl (C=O) groups is 1. The summed E-state index contributed by atoms with van der Waals surface area (Å²) in [5.74, 6) is 1.52. The number of nitrogens with zero attached hydrogens (tertiary/aromatic N) is 3. The maximum absolute atomic E-state index is 11.9. The predicted molar refractivity (Wildman–Crippen MR) is 92.9 cm³/mol. The van der Waals surface area contributed by atoms with Gasteiger partial charge in [0.15, 0.2) is 0 Å². The topological polar surface area (TPSA) is 73.8 Å². The van der Waals surface area contributed by atoms with Crippen LogP contribution in [0.2, 0.25) is 0 Å². The molecule has 0 atom stereocenters. The van der Waals surface area contributed by atoms with Gasteiger partial charge in [0.25, 0.3) is 0 Å². The molecule has 0 bridgehead atoms. The van der Waals surface area contributed by atoms with Crippen molar-refractivity contribution in [2.75, 3.05) is 26.8 Å². The average molecular weight is 345 g/mol. The summed E-state index contributed by atoms with van der Waals surface area (Å²) in [4.78, 5) is 22.1. The summed E-state index contributed by atoms with van der Waals surface area (Å²) < 4.78 is 16.5. The van der Waals surface area contributed by atoms with Crippen LogP contribution in [0.3, 0.4) is 0 Å². The van der Waals surface area contributed by atoms with Crippen molar-refractivity contribution < 1.29 is 19.0 Å². The second kappa shape index (κ2) is 6.74. The van der Waals surface area contributed by atoms with Gasteiger partial charge >= 0.3 is 6.09 Å². The van der Waals surface area contributed by atoms with Crippen molar-refractivity contribution in [3.05, 3.63) is 24.5 Å². The molecule has 7 nitrogen and oxygen atoms in total. The first kappa shape index (κ1) is 17.3. The Morgan fingerprint density at radius 1 is 1.28 bits per heavy atom. The highest BCUT2D eigenvalue weighted by atomic mass is 16.6. The summed E-state index contributed by atoms with van der Waals surface area (Å²) in [6.45, 7) is 7.32. The Labute approximate surface area is 146 Å².